The van der Waals surface area contributed by atoms with Gasteiger partial charge in [0.25, 0.3) is 0 Å². The van der Waals surface area contributed by atoms with E-state index >= 15 is 0 Å². The van der Waals surface area contributed by atoms with Gasteiger partial charge < -0.3 is 15.1 Å². The first-order chi connectivity index (χ1) is 14.7. The van der Waals surface area contributed by atoms with Gasteiger partial charge in [0.15, 0.2) is 5.82 Å². The van der Waals surface area contributed by atoms with Gasteiger partial charge in [-0.3, -0.25) is 9.78 Å². The Kier molecular flexibility index (Phi) is 6.12. The number of pyridine rings is 2. The molecule has 8 heteroatoms. The highest BCUT2D eigenvalue weighted by atomic mass is 16.2. The molecule has 4 rings (SSSR count). The van der Waals surface area contributed by atoms with E-state index in [0.717, 1.165) is 30.2 Å². The van der Waals surface area contributed by atoms with E-state index in [1.165, 1.54) is 0 Å². The lowest BCUT2D eigenvalue weighted by atomic mass is 10.2. The molecule has 0 unspecified atom stereocenters. The summed E-state index contributed by atoms with van der Waals surface area (Å²) in [5, 5.41) is 3.26. The third-order valence-electron chi connectivity index (χ3n) is 5.02. The second-order valence-electron chi connectivity index (χ2n) is 7.19. The molecule has 1 N–H and O–H groups in total. The van der Waals surface area contributed by atoms with Gasteiger partial charge in [-0.25, -0.2) is 15.0 Å². The molecule has 4 heterocycles. The fourth-order valence-electron chi connectivity index (χ4n) is 3.46. The average Bonchev–Trinajstić information content (AvgIpc) is 2.80. The number of nitrogens with one attached hydrogen (secondary N) is 1. The maximum absolute atomic E-state index is 12.6. The zero-order chi connectivity index (χ0) is 20.8. The van der Waals surface area contributed by atoms with Crippen LogP contribution in [0.15, 0.2) is 55.0 Å². The number of hydrogen-bond acceptors (Lipinski definition) is 7. The number of rotatable bonds is 6. The molecule has 0 aliphatic carbocycles. The minimum absolute atomic E-state index is 0.154. The molecule has 154 valence electrons. The van der Waals surface area contributed by atoms with E-state index in [-0.39, 0.29) is 5.91 Å². The Morgan fingerprint density at radius 3 is 2.67 bits per heavy atom. The Morgan fingerprint density at radius 1 is 1.07 bits per heavy atom. The average molecular weight is 403 g/mol. The van der Waals surface area contributed by atoms with Gasteiger partial charge in [-0.2, -0.15) is 0 Å². The summed E-state index contributed by atoms with van der Waals surface area (Å²) < 4.78 is 0. The number of hydrogen-bond donors (Lipinski definition) is 1. The number of aromatic nitrogens is 4. The van der Waals surface area contributed by atoms with Crippen molar-refractivity contribution in [3.63, 3.8) is 0 Å². The Bertz CT molecular complexity index is 973. The van der Waals surface area contributed by atoms with Gasteiger partial charge in [0.05, 0.1) is 0 Å². The van der Waals surface area contributed by atoms with Crippen LogP contribution < -0.4 is 10.2 Å². The molecule has 0 bridgehead atoms. The summed E-state index contributed by atoms with van der Waals surface area (Å²) >= 11 is 0. The smallest absolute Gasteiger partial charge is 0.224 e. The Labute approximate surface area is 176 Å². The highest BCUT2D eigenvalue weighted by Crippen LogP contribution is 2.17. The van der Waals surface area contributed by atoms with Crippen molar-refractivity contribution < 1.29 is 4.79 Å². The largest absolute Gasteiger partial charge is 0.369 e. The van der Waals surface area contributed by atoms with Crippen molar-refractivity contribution in [2.75, 3.05) is 42.9 Å². The highest BCUT2D eigenvalue weighted by Gasteiger charge is 2.21. The highest BCUT2D eigenvalue weighted by molar-refractivity contribution is 5.77. The fourth-order valence-corrected chi connectivity index (χ4v) is 3.46. The molecule has 0 atom stereocenters. The maximum Gasteiger partial charge on any atom is 0.224 e. The fraction of sp³-hybridized carbons (Fsp3) is 0.318. The summed E-state index contributed by atoms with van der Waals surface area (Å²) in [6.45, 7) is 5.49. The molecule has 1 aliphatic rings. The zero-order valence-corrected chi connectivity index (χ0v) is 17.0. The molecule has 30 heavy (non-hydrogen) atoms. The van der Waals surface area contributed by atoms with E-state index in [2.05, 4.69) is 30.2 Å². The minimum atomic E-state index is 0.154. The number of carbonyl (C=O) groups is 1. The van der Waals surface area contributed by atoms with E-state index < -0.39 is 0 Å². The summed E-state index contributed by atoms with van der Waals surface area (Å²) in [5.41, 5.74) is 1.73. The van der Waals surface area contributed by atoms with Crippen LogP contribution in [-0.4, -0.2) is 63.5 Å². The topological polar surface area (TPSA) is 87.1 Å². The number of anilines is 2. The summed E-state index contributed by atoms with van der Waals surface area (Å²) in [6, 6.07) is 11.6. The van der Waals surface area contributed by atoms with Crippen LogP contribution >= 0.6 is 0 Å². The quantitative estimate of drug-likeness (QED) is 0.676. The summed E-state index contributed by atoms with van der Waals surface area (Å²) in [4.78, 5) is 34.3. The number of amides is 1. The summed E-state index contributed by atoms with van der Waals surface area (Å²) in [5.74, 6) is 2.47. The Morgan fingerprint density at radius 2 is 1.93 bits per heavy atom. The van der Waals surface area contributed by atoms with Crippen molar-refractivity contribution in [3.8, 4) is 11.4 Å². The van der Waals surface area contributed by atoms with Gasteiger partial charge in [0, 0.05) is 75.1 Å². The van der Waals surface area contributed by atoms with Crippen molar-refractivity contribution in [2.24, 2.45) is 0 Å². The SMILES string of the molecule is Cc1cc(NCCC(=O)N2CCN(c3ccccn3)CC2)nc(-c2cccnc2)n1. The van der Waals surface area contributed by atoms with Crippen LogP contribution in [0.1, 0.15) is 12.1 Å². The minimum Gasteiger partial charge on any atom is -0.369 e. The van der Waals surface area contributed by atoms with Crippen LogP contribution in [-0.2, 0) is 4.79 Å². The summed E-state index contributed by atoms with van der Waals surface area (Å²) in [7, 11) is 0. The van der Waals surface area contributed by atoms with Crippen molar-refractivity contribution in [2.45, 2.75) is 13.3 Å². The molecule has 1 saturated heterocycles. The van der Waals surface area contributed by atoms with E-state index in [1.807, 2.05) is 48.2 Å². The molecule has 0 aromatic carbocycles. The lowest BCUT2D eigenvalue weighted by Crippen LogP contribution is -2.49. The molecule has 0 radical (unpaired) electrons. The van der Waals surface area contributed by atoms with Crippen molar-refractivity contribution in [1.29, 1.82) is 0 Å². The van der Waals surface area contributed by atoms with Gasteiger partial charge in [-0.05, 0) is 31.2 Å². The molecular weight excluding hydrogens is 378 g/mol. The van der Waals surface area contributed by atoms with E-state index in [9.17, 15) is 4.79 Å². The third kappa shape index (κ3) is 4.89. The zero-order valence-electron chi connectivity index (χ0n) is 17.0. The molecule has 0 saturated carbocycles. The van der Waals surface area contributed by atoms with E-state index in [4.69, 9.17) is 0 Å². The molecule has 1 amide bonds. The molecular formula is C22H25N7O. The first kappa shape index (κ1) is 19.8. The lowest BCUT2D eigenvalue weighted by molar-refractivity contribution is -0.131. The number of aryl methyl sites for hydroxylation is 1. The summed E-state index contributed by atoms with van der Waals surface area (Å²) in [6.07, 6.45) is 5.69. The van der Waals surface area contributed by atoms with Crippen molar-refractivity contribution in [3.05, 3.63) is 60.7 Å². The van der Waals surface area contributed by atoms with Gasteiger partial charge in [-0.1, -0.05) is 6.07 Å². The molecule has 1 aliphatic heterocycles. The van der Waals surface area contributed by atoms with E-state index in [0.29, 0.717) is 37.7 Å². The lowest BCUT2D eigenvalue weighted by Gasteiger charge is -2.35. The monoisotopic (exact) mass is 403 g/mol. The molecule has 1 fully saturated rings. The molecule has 3 aromatic heterocycles. The van der Waals surface area contributed by atoms with Crippen LogP contribution in [0.25, 0.3) is 11.4 Å². The predicted octanol–water partition coefficient (Wildman–Crippen LogP) is 2.39. The maximum atomic E-state index is 12.6. The molecule has 3 aromatic rings. The van der Waals surface area contributed by atoms with Gasteiger partial charge in [-0.15, -0.1) is 0 Å². The molecule has 0 spiro atoms. The van der Waals surface area contributed by atoms with Crippen LogP contribution in [0.2, 0.25) is 0 Å². The normalized spacial score (nSPS) is 13.9. The van der Waals surface area contributed by atoms with Crippen LogP contribution in [0.5, 0.6) is 0 Å². The van der Waals surface area contributed by atoms with Gasteiger partial charge in [0.2, 0.25) is 5.91 Å². The molecule has 8 nitrogen and oxygen atoms in total. The van der Waals surface area contributed by atoms with Crippen molar-refractivity contribution >= 4 is 17.5 Å². The standard InChI is InChI=1S/C22H25N7O/c1-17-15-19(27-22(26-17)18-5-4-8-23-16-18)24-10-7-21(30)29-13-11-28(12-14-29)20-6-2-3-9-25-20/h2-6,8-9,15-16H,7,10-14H2,1H3,(H,24,26,27). The van der Waals surface area contributed by atoms with E-state index in [1.54, 1.807) is 18.6 Å². The van der Waals surface area contributed by atoms with Gasteiger partial charge >= 0.3 is 0 Å². The third-order valence-corrected chi connectivity index (χ3v) is 5.02. The number of piperazine rings is 1. The first-order valence-corrected chi connectivity index (χ1v) is 10.1. The van der Waals surface area contributed by atoms with Gasteiger partial charge in [0.1, 0.15) is 11.6 Å². The number of nitrogens with zero attached hydrogens (tertiary/aromatic N) is 6. The second-order valence-corrected chi connectivity index (χ2v) is 7.19. The van der Waals surface area contributed by atoms with Crippen molar-refractivity contribution in [1.82, 2.24) is 24.8 Å². The van der Waals surface area contributed by atoms with Crippen LogP contribution in [0, 0.1) is 6.92 Å². The first-order valence-electron chi connectivity index (χ1n) is 10.1. The van der Waals surface area contributed by atoms with Crippen LogP contribution in [0.3, 0.4) is 0 Å². The Hall–Kier alpha value is -3.55. The predicted molar refractivity (Wildman–Crippen MR) is 116 cm³/mol. The number of carbonyl (C=O) groups excluding carboxylic acids is 1. The second kappa shape index (κ2) is 9.30. The van der Waals surface area contributed by atoms with Crippen LogP contribution in [0.4, 0.5) is 11.6 Å². The Balaban J connectivity index is 1.28.